The van der Waals surface area contributed by atoms with Gasteiger partial charge in [-0.1, -0.05) is 30.3 Å². The molecule has 1 aromatic heterocycles. The molecular formula is C24H30N6O2S. The van der Waals surface area contributed by atoms with Crippen molar-refractivity contribution in [1.82, 2.24) is 24.1 Å². The molecule has 9 heteroatoms. The van der Waals surface area contributed by atoms with Gasteiger partial charge in [0.25, 0.3) is 0 Å². The average Bonchev–Trinajstić information content (AvgIpc) is 2.82. The van der Waals surface area contributed by atoms with E-state index in [4.69, 9.17) is 0 Å². The lowest BCUT2D eigenvalue weighted by molar-refractivity contribution is 0.148. The molecule has 0 unspecified atom stereocenters. The van der Waals surface area contributed by atoms with Gasteiger partial charge in [-0.05, 0) is 36.9 Å². The molecule has 4 rings (SSSR count). The van der Waals surface area contributed by atoms with Crippen molar-refractivity contribution in [2.24, 2.45) is 0 Å². The topological polar surface area (TPSA) is 81.7 Å². The largest absolute Gasteiger partial charge is 0.324 e. The molecular weight excluding hydrogens is 436 g/mol. The molecule has 0 saturated carbocycles. The fourth-order valence-corrected chi connectivity index (χ4v) is 4.85. The second-order valence-electron chi connectivity index (χ2n) is 8.45. The number of likely N-dealkylation sites (N-methyl/N-ethyl adjacent to an activating group) is 1. The molecule has 1 saturated heterocycles. The van der Waals surface area contributed by atoms with Gasteiger partial charge < -0.3 is 10.2 Å². The van der Waals surface area contributed by atoms with Crippen LogP contribution in [0.5, 0.6) is 0 Å². The number of nitrogens with zero attached hydrogens (tertiary/aromatic N) is 5. The van der Waals surface area contributed by atoms with Crippen LogP contribution in [0.15, 0.2) is 65.7 Å². The zero-order valence-electron chi connectivity index (χ0n) is 19.3. The van der Waals surface area contributed by atoms with Gasteiger partial charge in [0.05, 0.1) is 10.6 Å². The molecule has 174 valence electrons. The summed E-state index contributed by atoms with van der Waals surface area (Å²) in [5, 5.41) is 3.23. The predicted octanol–water partition coefficient (Wildman–Crippen LogP) is 2.88. The van der Waals surface area contributed by atoms with Gasteiger partial charge in [0.2, 0.25) is 16.0 Å². The van der Waals surface area contributed by atoms with Crippen LogP contribution in [0.4, 0.5) is 11.6 Å². The van der Waals surface area contributed by atoms with E-state index < -0.39 is 10.0 Å². The highest BCUT2D eigenvalue weighted by Gasteiger charge is 2.22. The van der Waals surface area contributed by atoms with E-state index in [1.165, 1.54) is 24.0 Å². The lowest BCUT2D eigenvalue weighted by Gasteiger charge is -2.32. The van der Waals surface area contributed by atoms with Gasteiger partial charge in [0.1, 0.15) is 0 Å². The summed E-state index contributed by atoms with van der Waals surface area (Å²) in [7, 11) is 1.60. The summed E-state index contributed by atoms with van der Waals surface area (Å²) in [5.74, 6) is 0.413. The summed E-state index contributed by atoms with van der Waals surface area (Å²) >= 11 is 0. The van der Waals surface area contributed by atoms with Crippen molar-refractivity contribution in [3.8, 4) is 11.3 Å². The maximum absolute atomic E-state index is 12.8. The average molecular weight is 467 g/mol. The predicted molar refractivity (Wildman–Crippen MR) is 131 cm³/mol. The van der Waals surface area contributed by atoms with Crippen molar-refractivity contribution in [2.45, 2.75) is 11.4 Å². The first-order valence-electron chi connectivity index (χ1n) is 10.9. The van der Waals surface area contributed by atoms with Gasteiger partial charge in [0, 0.05) is 64.3 Å². The highest BCUT2D eigenvalue weighted by Crippen LogP contribution is 2.28. The smallest absolute Gasteiger partial charge is 0.243 e. The molecule has 8 nitrogen and oxygen atoms in total. The van der Waals surface area contributed by atoms with E-state index in [1.807, 2.05) is 12.1 Å². The molecule has 0 atom stereocenters. The van der Waals surface area contributed by atoms with Crippen LogP contribution >= 0.6 is 0 Å². The second-order valence-corrected chi connectivity index (χ2v) is 10.6. The molecule has 0 spiro atoms. The summed E-state index contributed by atoms with van der Waals surface area (Å²) in [5.41, 5.74) is 3.23. The fraction of sp³-hybridized carbons (Fsp3) is 0.333. The molecule has 0 amide bonds. The van der Waals surface area contributed by atoms with Crippen molar-refractivity contribution in [3.63, 3.8) is 0 Å². The Morgan fingerprint density at radius 2 is 1.67 bits per heavy atom. The van der Waals surface area contributed by atoms with Gasteiger partial charge in [-0.2, -0.15) is 0 Å². The Morgan fingerprint density at radius 3 is 2.36 bits per heavy atom. The Bertz CT molecular complexity index is 1190. The molecule has 1 fully saturated rings. The van der Waals surface area contributed by atoms with Crippen molar-refractivity contribution in [1.29, 1.82) is 0 Å². The molecule has 33 heavy (non-hydrogen) atoms. The third kappa shape index (κ3) is 5.56. The van der Waals surface area contributed by atoms with Crippen molar-refractivity contribution in [2.75, 3.05) is 52.6 Å². The summed E-state index contributed by atoms with van der Waals surface area (Å²) < 4.78 is 26.7. The Kier molecular flexibility index (Phi) is 7.04. The third-order valence-electron chi connectivity index (χ3n) is 5.79. The fourth-order valence-electron chi connectivity index (χ4n) is 3.76. The van der Waals surface area contributed by atoms with Crippen LogP contribution in [0, 0.1) is 0 Å². The van der Waals surface area contributed by atoms with Crippen LogP contribution in [0.3, 0.4) is 0 Å². The lowest BCUT2D eigenvalue weighted by Crippen LogP contribution is -2.43. The minimum absolute atomic E-state index is 0.216. The first-order valence-corrected chi connectivity index (χ1v) is 12.4. The summed E-state index contributed by atoms with van der Waals surface area (Å²) in [4.78, 5) is 13.9. The van der Waals surface area contributed by atoms with Gasteiger partial charge >= 0.3 is 0 Å². The van der Waals surface area contributed by atoms with Crippen LogP contribution in [-0.2, 0) is 16.6 Å². The number of nitrogens with one attached hydrogen (secondary N) is 1. The van der Waals surface area contributed by atoms with E-state index in [0.717, 1.165) is 38.4 Å². The van der Waals surface area contributed by atoms with Crippen molar-refractivity contribution < 1.29 is 8.42 Å². The normalized spacial score (nSPS) is 15.6. The lowest BCUT2D eigenvalue weighted by atomic mass is 10.1. The Morgan fingerprint density at radius 1 is 0.970 bits per heavy atom. The van der Waals surface area contributed by atoms with Gasteiger partial charge in [-0.3, -0.25) is 4.90 Å². The van der Waals surface area contributed by atoms with Crippen LogP contribution < -0.4 is 5.32 Å². The van der Waals surface area contributed by atoms with E-state index in [1.54, 1.807) is 36.5 Å². The highest BCUT2D eigenvalue weighted by atomic mass is 32.2. The zero-order chi connectivity index (χ0) is 23.4. The zero-order valence-corrected chi connectivity index (χ0v) is 20.1. The minimum atomic E-state index is -3.60. The number of anilines is 2. The maximum atomic E-state index is 12.8. The van der Waals surface area contributed by atoms with E-state index in [0.29, 0.717) is 17.2 Å². The number of rotatable bonds is 7. The summed E-state index contributed by atoms with van der Waals surface area (Å²) in [6, 6.07) is 16.9. The van der Waals surface area contributed by atoms with Crippen molar-refractivity contribution >= 4 is 21.7 Å². The Labute approximate surface area is 195 Å². The van der Waals surface area contributed by atoms with E-state index >= 15 is 0 Å². The van der Waals surface area contributed by atoms with Crippen LogP contribution in [0.25, 0.3) is 11.3 Å². The molecule has 2 heterocycles. The Hall–Kier alpha value is -2.85. The van der Waals surface area contributed by atoms with Gasteiger partial charge in [-0.25, -0.2) is 22.7 Å². The number of hydrogen-bond donors (Lipinski definition) is 1. The van der Waals surface area contributed by atoms with Crippen molar-refractivity contribution in [3.05, 3.63) is 66.4 Å². The summed E-state index contributed by atoms with van der Waals surface area (Å²) in [6.07, 6.45) is 1.63. The highest BCUT2D eigenvalue weighted by molar-refractivity contribution is 7.89. The third-order valence-corrected chi connectivity index (χ3v) is 7.66. The second kappa shape index (κ2) is 9.96. The molecule has 0 aliphatic carbocycles. The maximum Gasteiger partial charge on any atom is 0.243 e. The van der Waals surface area contributed by atoms with Gasteiger partial charge in [-0.15, -0.1) is 0 Å². The monoisotopic (exact) mass is 466 g/mol. The molecule has 1 N–H and O–H groups in total. The number of benzene rings is 2. The molecule has 2 aromatic carbocycles. The molecule has 1 aliphatic rings. The molecule has 0 bridgehead atoms. The first-order chi connectivity index (χ1) is 15.8. The first kappa shape index (κ1) is 23.3. The van der Waals surface area contributed by atoms with Crippen LogP contribution in [0.1, 0.15) is 5.56 Å². The molecule has 1 aliphatic heterocycles. The summed E-state index contributed by atoms with van der Waals surface area (Å²) in [6.45, 7) is 5.32. The minimum Gasteiger partial charge on any atom is -0.324 e. The molecule has 3 aromatic rings. The quantitative estimate of drug-likeness (QED) is 0.573. The SMILES string of the molecule is CN1CCN(Cc2ccc(Nc3nccc(-c4ccccc4S(=O)(=O)N(C)C)n3)cc2)CC1. The van der Waals surface area contributed by atoms with Gasteiger partial charge in [0.15, 0.2) is 0 Å². The Balaban J connectivity index is 1.50. The number of sulfonamides is 1. The van der Waals surface area contributed by atoms with Crippen LogP contribution in [0.2, 0.25) is 0 Å². The molecule has 0 radical (unpaired) electrons. The standard InChI is InChI=1S/C24H30N6O2S/c1-28(2)33(31,32)23-7-5-4-6-21(23)22-12-13-25-24(27-22)26-20-10-8-19(9-11-20)18-30-16-14-29(3)15-17-30/h4-13H,14-18H2,1-3H3,(H,25,26,27). The van der Waals surface area contributed by atoms with E-state index in [-0.39, 0.29) is 4.90 Å². The van der Waals surface area contributed by atoms with E-state index in [2.05, 4.69) is 44.3 Å². The van der Waals surface area contributed by atoms with Crippen LogP contribution in [-0.4, -0.2) is 79.8 Å². The number of aromatic nitrogens is 2. The number of piperazine rings is 1. The van der Waals surface area contributed by atoms with E-state index in [9.17, 15) is 8.42 Å². The number of hydrogen-bond acceptors (Lipinski definition) is 7.